The predicted octanol–water partition coefficient (Wildman–Crippen LogP) is 1.32. The summed E-state index contributed by atoms with van der Waals surface area (Å²) < 4.78 is 0.400. The normalized spacial score (nSPS) is 15.2. The summed E-state index contributed by atoms with van der Waals surface area (Å²) in [5.74, 6) is 0. The molecule has 0 bridgehead atoms. The van der Waals surface area contributed by atoms with Gasteiger partial charge in [-0.05, 0) is 11.4 Å². The highest BCUT2D eigenvalue weighted by Crippen LogP contribution is 2.29. The van der Waals surface area contributed by atoms with Gasteiger partial charge in [-0.1, -0.05) is 11.6 Å². The fourth-order valence-electron chi connectivity index (χ4n) is 0.756. The van der Waals surface area contributed by atoms with E-state index in [0.29, 0.717) is 9.90 Å². The smallest absolute Gasteiger partial charge is 0.170 e. The predicted molar refractivity (Wildman–Crippen MR) is 45.9 cm³/mol. The SMILES string of the molecule is N#CC(O)C(O)c1ccsc1Cl. The zero-order valence-electron chi connectivity index (χ0n) is 5.94. The summed E-state index contributed by atoms with van der Waals surface area (Å²) in [7, 11) is 0. The Balaban J connectivity index is 2.86. The number of rotatable bonds is 2. The van der Waals surface area contributed by atoms with Gasteiger partial charge < -0.3 is 10.2 Å². The van der Waals surface area contributed by atoms with Crippen molar-refractivity contribution in [3.63, 3.8) is 0 Å². The first kappa shape index (κ1) is 9.49. The van der Waals surface area contributed by atoms with Gasteiger partial charge in [0.25, 0.3) is 0 Å². The first-order chi connectivity index (χ1) is 5.66. The molecule has 1 aromatic heterocycles. The standard InChI is InChI=1S/C7H6ClNO2S/c8-7-4(1-2-12-7)6(11)5(10)3-9/h1-2,5-6,10-11H. The second kappa shape index (κ2) is 3.87. The van der Waals surface area contributed by atoms with Gasteiger partial charge >= 0.3 is 0 Å². The van der Waals surface area contributed by atoms with Crippen LogP contribution in [0.1, 0.15) is 11.7 Å². The van der Waals surface area contributed by atoms with Gasteiger partial charge in [-0.2, -0.15) is 5.26 Å². The Labute approximate surface area is 78.5 Å². The summed E-state index contributed by atoms with van der Waals surface area (Å²) in [6, 6.07) is 3.11. The van der Waals surface area contributed by atoms with Crippen molar-refractivity contribution >= 4 is 22.9 Å². The van der Waals surface area contributed by atoms with Crippen molar-refractivity contribution in [2.45, 2.75) is 12.2 Å². The van der Waals surface area contributed by atoms with Crippen molar-refractivity contribution in [3.8, 4) is 6.07 Å². The largest absolute Gasteiger partial charge is 0.384 e. The van der Waals surface area contributed by atoms with Crippen molar-refractivity contribution in [3.05, 3.63) is 21.3 Å². The molecule has 0 aliphatic heterocycles. The van der Waals surface area contributed by atoms with E-state index in [-0.39, 0.29) is 0 Å². The summed E-state index contributed by atoms with van der Waals surface area (Å²) >= 11 is 6.92. The van der Waals surface area contributed by atoms with Crippen LogP contribution >= 0.6 is 22.9 Å². The molecule has 0 aromatic carbocycles. The number of hydrogen-bond donors (Lipinski definition) is 2. The first-order valence-corrected chi connectivity index (χ1v) is 4.41. The van der Waals surface area contributed by atoms with E-state index in [1.165, 1.54) is 17.4 Å². The van der Waals surface area contributed by atoms with Crippen LogP contribution in [-0.2, 0) is 0 Å². The van der Waals surface area contributed by atoms with Crippen molar-refractivity contribution < 1.29 is 10.2 Å². The van der Waals surface area contributed by atoms with Gasteiger partial charge in [0.05, 0.1) is 10.4 Å². The summed E-state index contributed by atoms with van der Waals surface area (Å²) in [6.07, 6.45) is -2.63. The third-order valence-electron chi connectivity index (χ3n) is 1.40. The molecular weight excluding hydrogens is 198 g/mol. The average molecular weight is 204 g/mol. The molecule has 2 unspecified atom stereocenters. The lowest BCUT2D eigenvalue weighted by Crippen LogP contribution is -2.15. The van der Waals surface area contributed by atoms with E-state index in [4.69, 9.17) is 22.0 Å². The number of halogens is 1. The van der Waals surface area contributed by atoms with Crippen LogP contribution in [0, 0.1) is 11.3 Å². The Morgan fingerprint density at radius 1 is 1.58 bits per heavy atom. The zero-order chi connectivity index (χ0) is 9.14. The van der Waals surface area contributed by atoms with Crippen LogP contribution < -0.4 is 0 Å². The molecule has 0 aliphatic carbocycles. The third kappa shape index (κ3) is 1.76. The lowest BCUT2D eigenvalue weighted by Gasteiger charge is -2.09. The number of nitrogens with zero attached hydrogens (tertiary/aromatic N) is 1. The summed E-state index contributed by atoms with van der Waals surface area (Å²) in [5, 5.41) is 28.2. The van der Waals surface area contributed by atoms with Crippen LogP contribution in [0.25, 0.3) is 0 Å². The molecule has 12 heavy (non-hydrogen) atoms. The van der Waals surface area contributed by atoms with Gasteiger partial charge in [0, 0.05) is 5.56 Å². The van der Waals surface area contributed by atoms with Crippen LogP contribution in [0.3, 0.4) is 0 Å². The molecule has 2 atom stereocenters. The molecule has 0 aliphatic rings. The van der Waals surface area contributed by atoms with E-state index in [1.54, 1.807) is 11.4 Å². The Hall–Kier alpha value is -0.600. The molecule has 5 heteroatoms. The number of hydrogen-bond acceptors (Lipinski definition) is 4. The van der Waals surface area contributed by atoms with Crippen LogP contribution in [0.15, 0.2) is 11.4 Å². The second-order valence-electron chi connectivity index (χ2n) is 2.17. The minimum absolute atomic E-state index is 0.399. The summed E-state index contributed by atoms with van der Waals surface area (Å²) in [5.41, 5.74) is 0.399. The van der Waals surface area contributed by atoms with Crippen molar-refractivity contribution in [2.24, 2.45) is 0 Å². The van der Waals surface area contributed by atoms with Crippen molar-refractivity contribution in [1.82, 2.24) is 0 Å². The molecule has 0 saturated heterocycles. The minimum Gasteiger partial charge on any atom is -0.384 e. The molecule has 2 N–H and O–H groups in total. The number of aliphatic hydroxyl groups excluding tert-OH is 2. The Morgan fingerprint density at radius 3 is 2.67 bits per heavy atom. The first-order valence-electron chi connectivity index (χ1n) is 3.15. The maximum atomic E-state index is 9.31. The van der Waals surface area contributed by atoms with Gasteiger partial charge in [-0.15, -0.1) is 11.3 Å². The second-order valence-corrected chi connectivity index (χ2v) is 3.69. The monoisotopic (exact) mass is 203 g/mol. The van der Waals surface area contributed by atoms with Gasteiger partial charge in [0.15, 0.2) is 6.10 Å². The maximum absolute atomic E-state index is 9.31. The fourth-order valence-corrected chi connectivity index (χ4v) is 1.74. The fraction of sp³-hybridized carbons (Fsp3) is 0.286. The van der Waals surface area contributed by atoms with E-state index in [1.807, 2.05) is 0 Å². The lowest BCUT2D eigenvalue weighted by molar-refractivity contribution is 0.0531. The molecule has 1 rings (SSSR count). The van der Waals surface area contributed by atoms with E-state index >= 15 is 0 Å². The van der Waals surface area contributed by atoms with Crippen LogP contribution in [0.4, 0.5) is 0 Å². The lowest BCUT2D eigenvalue weighted by atomic mass is 10.1. The molecule has 3 nitrogen and oxygen atoms in total. The average Bonchev–Trinajstić information content (AvgIpc) is 2.48. The zero-order valence-corrected chi connectivity index (χ0v) is 7.51. The Bertz CT molecular complexity index is 307. The van der Waals surface area contributed by atoms with Crippen LogP contribution in [-0.4, -0.2) is 16.3 Å². The maximum Gasteiger partial charge on any atom is 0.170 e. The van der Waals surface area contributed by atoms with Crippen molar-refractivity contribution in [2.75, 3.05) is 0 Å². The Morgan fingerprint density at radius 2 is 2.25 bits per heavy atom. The molecule has 0 radical (unpaired) electrons. The molecule has 64 valence electrons. The van der Waals surface area contributed by atoms with Crippen molar-refractivity contribution in [1.29, 1.82) is 5.26 Å². The molecule has 1 aromatic rings. The quantitative estimate of drug-likeness (QED) is 0.713. The third-order valence-corrected chi connectivity index (χ3v) is 2.60. The van der Waals surface area contributed by atoms with Gasteiger partial charge in [-0.25, -0.2) is 0 Å². The highest BCUT2D eigenvalue weighted by atomic mass is 35.5. The number of nitriles is 1. The Kier molecular flexibility index (Phi) is 3.06. The van der Waals surface area contributed by atoms with E-state index < -0.39 is 12.2 Å². The molecule has 1 heterocycles. The molecular formula is C7H6ClNO2S. The van der Waals surface area contributed by atoms with E-state index in [2.05, 4.69) is 0 Å². The summed E-state index contributed by atoms with van der Waals surface area (Å²) in [6.45, 7) is 0. The number of aliphatic hydroxyl groups is 2. The summed E-state index contributed by atoms with van der Waals surface area (Å²) in [4.78, 5) is 0. The van der Waals surface area contributed by atoms with Gasteiger partial charge in [0.1, 0.15) is 6.10 Å². The molecule has 0 saturated carbocycles. The molecule has 0 amide bonds. The molecule has 0 spiro atoms. The van der Waals surface area contributed by atoms with Gasteiger partial charge in [-0.3, -0.25) is 0 Å². The minimum atomic E-state index is -1.42. The topological polar surface area (TPSA) is 64.2 Å². The number of thiophene rings is 1. The highest BCUT2D eigenvalue weighted by Gasteiger charge is 2.20. The highest BCUT2D eigenvalue weighted by molar-refractivity contribution is 7.14. The van der Waals surface area contributed by atoms with Crippen LogP contribution in [0.2, 0.25) is 4.34 Å². The van der Waals surface area contributed by atoms with Gasteiger partial charge in [0.2, 0.25) is 0 Å². The molecule has 0 fully saturated rings. The van der Waals surface area contributed by atoms with E-state index in [9.17, 15) is 5.11 Å². The van der Waals surface area contributed by atoms with E-state index in [0.717, 1.165) is 0 Å². The van der Waals surface area contributed by atoms with Crippen LogP contribution in [0.5, 0.6) is 0 Å².